The fourth-order valence-electron chi connectivity index (χ4n) is 2.77. The van der Waals surface area contributed by atoms with Crippen molar-refractivity contribution in [1.29, 1.82) is 0 Å². The van der Waals surface area contributed by atoms with Crippen molar-refractivity contribution in [2.24, 2.45) is 17.8 Å². The van der Waals surface area contributed by atoms with Crippen molar-refractivity contribution in [3.05, 3.63) is 35.1 Å². The number of hydrogen-bond donors (Lipinski definition) is 1. The monoisotopic (exact) mass is 292 g/mol. The van der Waals surface area contributed by atoms with Crippen molar-refractivity contribution in [2.45, 2.75) is 40.3 Å². The van der Waals surface area contributed by atoms with Crippen molar-refractivity contribution in [2.75, 3.05) is 20.1 Å². The standard InChI is InChI=1S/C18H29FN2/c1-13(2)9-20-10-15-5-6-18(19)17(8-15)12-21(4)11-16-7-14(16)3/h5-6,8,13-14,16,20H,7,9-12H2,1-4H3. The van der Waals surface area contributed by atoms with Crippen LogP contribution in [0.1, 0.15) is 38.3 Å². The lowest BCUT2D eigenvalue weighted by atomic mass is 10.1. The van der Waals surface area contributed by atoms with E-state index in [1.807, 2.05) is 12.1 Å². The van der Waals surface area contributed by atoms with E-state index in [2.05, 4.69) is 38.0 Å². The van der Waals surface area contributed by atoms with Crippen LogP contribution in [0.3, 0.4) is 0 Å². The van der Waals surface area contributed by atoms with Gasteiger partial charge in [0.05, 0.1) is 0 Å². The van der Waals surface area contributed by atoms with Gasteiger partial charge in [-0.2, -0.15) is 0 Å². The van der Waals surface area contributed by atoms with Crippen LogP contribution in [-0.4, -0.2) is 25.0 Å². The van der Waals surface area contributed by atoms with Crippen LogP contribution in [0.25, 0.3) is 0 Å². The first kappa shape index (κ1) is 16.4. The Kier molecular flexibility index (Phi) is 5.77. The highest BCUT2D eigenvalue weighted by Crippen LogP contribution is 2.38. The molecule has 1 fully saturated rings. The zero-order chi connectivity index (χ0) is 15.4. The Balaban J connectivity index is 1.88. The maximum absolute atomic E-state index is 14.0. The van der Waals surface area contributed by atoms with E-state index in [9.17, 15) is 4.39 Å². The number of rotatable bonds is 8. The van der Waals surface area contributed by atoms with Gasteiger partial charge in [-0.1, -0.05) is 32.9 Å². The highest BCUT2D eigenvalue weighted by Gasteiger charge is 2.33. The van der Waals surface area contributed by atoms with Gasteiger partial charge in [0.15, 0.2) is 0 Å². The summed E-state index contributed by atoms with van der Waals surface area (Å²) in [6, 6.07) is 5.50. The molecule has 1 N–H and O–H groups in total. The molecule has 0 radical (unpaired) electrons. The Morgan fingerprint density at radius 3 is 2.71 bits per heavy atom. The zero-order valence-corrected chi connectivity index (χ0v) is 13.8. The Labute approximate surface area is 128 Å². The van der Waals surface area contributed by atoms with E-state index in [0.29, 0.717) is 12.5 Å². The van der Waals surface area contributed by atoms with Gasteiger partial charge in [0.25, 0.3) is 0 Å². The highest BCUT2D eigenvalue weighted by molar-refractivity contribution is 5.25. The van der Waals surface area contributed by atoms with Gasteiger partial charge in [0.1, 0.15) is 5.82 Å². The lowest BCUT2D eigenvalue weighted by molar-refractivity contribution is 0.302. The average Bonchev–Trinajstić information content (AvgIpc) is 3.08. The van der Waals surface area contributed by atoms with Gasteiger partial charge in [0, 0.05) is 25.2 Å². The highest BCUT2D eigenvalue weighted by atomic mass is 19.1. The van der Waals surface area contributed by atoms with Crippen LogP contribution in [0, 0.1) is 23.6 Å². The fourth-order valence-corrected chi connectivity index (χ4v) is 2.77. The van der Waals surface area contributed by atoms with E-state index in [0.717, 1.165) is 37.0 Å². The lowest BCUT2D eigenvalue weighted by Gasteiger charge is -2.18. The molecule has 2 atom stereocenters. The number of halogens is 1. The first-order valence-corrected chi connectivity index (χ1v) is 8.12. The third-order valence-electron chi connectivity index (χ3n) is 4.25. The zero-order valence-electron chi connectivity index (χ0n) is 13.8. The number of hydrogen-bond acceptors (Lipinski definition) is 2. The minimum absolute atomic E-state index is 0.0849. The Morgan fingerprint density at radius 2 is 2.10 bits per heavy atom. The van der Waals surface area contributed by atoms with Crippen LogP contribution in [0.2, 0.25) is 0 Å². The van der Waals surface area contributed by atoms with Gasteiger partial charge in [-0.15, -0.1) is 0 Å². The SMILES string of the molecule is CC(C)CNCc1ccc(F)c(CN(C)CC2CC2C)c1. The summed E-state index contributed by atoms with van der Waals surface area (Å²) in [4.78, 5) is 2.25. The van der Waals surface area contributed by atoms with Crippen molar-refractivity contribution in [3.63, 3.8) is 0 Å². The van der Waals surface area contributed by atoms with Gasteiger partial charge < -0.3 is 10.2 Å². The number of benzene rings is 1. The molecule has 2 nitrogen and oxygen atoms in total. The van der Waals surface area contributed by atoms with Crippen LogP contribution in [0.5, 0.6) is 0 Å². The summed E-state index contributed by atoms with van der Waals surface area (Å²) in [5.41, 5.74) is 1.98. The summed E-state index contributed by atoms with van der Waals surface area (Å²) >= 11 is 0. The third kappa shape index (κ3) is 5.40. The quantitative estimate of drug-likeness (QED) is 0.786. The first-order valence-electron chi connectivity index (χ1n) is 8.12. The van der Waals surface area contributed by atoms with Crippen LogP contribution >= 0.6 is 0 Å². The molecule has 2 rings (SSSR count). The van der Waals surface area contributed by atoms with Crippen LogP contribution < -0.4 is 5.32 Å². The number of nitrogens with zero attached hydrogens (tertiary/aromatic N) is 1. The van der Waals surface area contributed by atoms with Gasteiger partial charge in [-0.25, -0.2) is 4.39 Å². The van der Waals surface area contributed by atoms with Crippen molar-refractivity contribution >= 4 is 0 Å². The van der Waals surface area contributed by atoms with Gasteiger partial charge in [0.2, 0.25) is 0 Å². The third-order valence-corrected chi connectivity index (χ3v) is 4.25. The van der Waals surface area contributed by atoms with E-state index < -0.39 is 0 Å². The maximum atomic E-state index is 14.0. The molecule has 0 aliphatic heterocycles. The normalized spacial score (nSPS) is 21.3. The molecule has 1 aliphatic rings. The van der Waals surface area contributed by atoms with Gasteiger partial charge in [-0.3, -0.25) is 0 Å². The molecule has 0 heterocycles. The van der Waals surface area contributed by atoms with E-state index in [4.69, 9.17) is 0 Å². The number of nitrogens with one attached hydrogen (secondary N) is 1. The minimum atomic E-state index is -0.0849. The molecular weight excluding hydrogens is 263 g/mol. The van der Waals surface area contributed by atoms with Crippen molar-refractivity contribution in [3.8, 4) is 0 Å². The molecular formula is C18H29FN2. The lowest BCUT2D eigenvalue weighted by Crippen LogP contribution is -2.22. The maximum Gasteiger partial charge on any atom is 0.127 e. The van der Waals surface area contributed by atoms with E-state index in [-0.39, 0.29) is 5.82 Å². The second kappa shape index (κ2) is 7.37. The second-order valence-corrected chi connectivity index (χ2v) is 7.12. The molecule has 1 aliphatic carbocycles. The molecule has 21 heavy (non-hydrogen) atoms. The Hall–Kier alpha value is -0.930. The van der Waals surface area contributed by atoms with E-state index in [1.54, 1.807) is 6.07 Å². The van der Waals surface area contributed by atoms with Crippen LogP contribution in [0.15, 0.2) is 18.2 Å². The van der Waals surface area contributed by atoms with E-state index in [1.165, 1.54) is 12.0 Å². The molecule has 1 aromatic rings. The molecule has 0 saturated heterocycles. The first-order chi connectivity index (χ1) is 9.95. The summed E-state index contributed by atoms with van der Waals surface area (Å²) in [6.07, 6.45) is 1.33. The largest absolute Gasteiger partial charge is 0.312 e. The summed E-state index contributed by atoms with van der Waals surface area (Å²) < 4.78 is 14.0. The smallest absolute Gasteiger partial charge is 0.127 e. The van der Waals surface area contributed by atoms with Crippen molar-refractivity contribution in [1.82, 2.24) is 10.2 Å². The molecule has 0 aromatic heterocycles. The van der Waals surface area contributed by atoms with E-state index >= 15 is 0 Å². The summed E-state index contributed by atoms with van der Waals surface area (Å²) in [5, 5.41) is 3.41. The van der Waals surface area contributed by atoms with Gasteiger partial charge in [-0.05, 0) is 49.4 Å². The molecule has 0 amide bonds. The molecule has 1 aromatic carbocycles. The molecule has 0 bridgehead atoms. The summed E-state index contributed by atoms with van der Waals surface area (Å²) in [5.74, 6) is 2.22. The fraction of sp³-hybridized carbons (Fsp3) is 0.667. The second-order valence-electron chi connectivity index (χ2n) is 7.12. The Bertz CT molecular complexity index is 459. The predicted molar refractivity (Wildman–Crippen MR) is 86.5 cm³/mol. The molecule has 2 unspecified atom stereocenters. The predicted octanol–water partition coefficient (Wildman–Crippen LogP) is 3.66. The Morgan fingerprint density at radius 1 is 1.38 bits per heavy atom. The topological polar surface area (TPSA) is 15.3 Å². The molecule has 0 spiro atoms. The molecule has 3 heteroatoms. The molecule has 118 valence electrons. The molecule has 1 saturated carbocycles. The van der Waals surface area contributed by atoms with Crippen molar-refractivity contribution < 1.29 is 4.39 Å². The van der Waals surface area contributed by atoms with Crippen LogP contribution in [-0.2, 0) is 13.1 Å². The summed E-state index contributed by atoms with van der Waals surface area (Å²) in [6.45, 7) is 10.3. The average molecular weight is 292 g/mol. The van der Waals surface area contributed by atoms with Gasteiger partial charge >= 0.3 is 0 Å². The minimum Gasteiger partial charge on any atom is -0.312 e. The van der Waals surface area contributed by atoms with Crippen LogP contribution in [0.4, 0.5) is 4.39 Å². The summed E-state index contributed by atoms with van der Waals surface area (Å²) in [7, 11) is 2.09.